The van der Waals surface area contributed by atoms with Crippen molar-refractivity contribution in [3.8, 4) is 11.5 Å². The van der Waals surface area contributed by atoms with Crippen molar-refractivity contribution >= 4 is 35.0 Å². The summed E-state index contributed by atoms with van der Waals surface area (Å²) in [7, 11) is 0. The molecule has 0 spiro atoms. The number of rotatable bonds is 8. The zero-order valence-electron chi connectivity index (χ0n) is 17.0. The third kappa shape index (κ3) is 7.24. The van der Waals surface area contributed by atoms with Crippen LogP contribution in [0.4, 0.5) is 8.78 Å². The minimum atomic E-state index is -0.615. The molecule has 0 heterocycles. The van der Waals surface area contributed by atoms with Crippen molar-refractivity contribution in [2.75, 3.05) is 13.2 Å². The highest BCUT2D eigenvalue weighted by Gasteiger charge is 2.24. The van der Waals surface area contributed by atoms with Gasteiger partial charge in [-0.25, -0.2) is 8.78 Å². The molecule has 1 fully saturated rings. The Kier molecular flexibility index (Phi) is 8.53. The van der Waals surface area contributed by atoms with Gasteiger partial charge < -0.3 is 20.1 Å². The molecule has 6 nitrogen and oxygen atoms in total. The number of nitrogens with one attached hydrogen (secondary N) is 2. The largest absolute Gasteiger partial charge is 0.484 e. The molecule has 0 unspecified atom stereocenters. The number of hydrogen-bond donors (Lipinski definition) is 2. The van der Waals surface area contributed by atoms with Crippen LogP contribution in [0.2, 0.25) is 10.0 Å². The zero-order chi connectivity index (χ0) is 23.1. The number of benzene rings is 2. The quantitative estimate of drug-likeness (QED) is 0.583. The van der Waals surface area contributed by atoms with Gasteiger partial charge in [-0.1, -0.05) is 23.2 Å². The van der Waals surface area contributed by atoms with Gasteiger partial charge in [0, 0.05) is 24.2 Å². The van der Waals surface area contributed by atoms with E-state index in [4.69, 9.17) is 32.7 Å². The van der Waals surface area contributed by atoms with Gasteiger partial charge in [0.25, 0.3) is 11.8 Å². The van der Waals surface area contributed by atoms with Crippen molar-refractivity contribution in [3.63, 3.8) is 0 Å². The van der Waals surface area contributed by atoms with E-state index in [0.29, 0.717) is 25.7 Å². The van der Waals surface area contributed by atoms with E-state index in [9.17, 15) is 18.4 Å². The van der Waals surface area contributed by atoms with E-state index in [-0.39, 0.29) is 58.7 Å². The lowest BCUT2D eigenvalue weighted by Gasteiger charge is -2.29. The molecule has 0 atom stereocenters. The summed E-state index contributed by atoms with van der Waals surface area (Å²) >= 11 is 11.2. The van der Waals surface area contributed by atoms with E-state index < -0.39 is 11.6 Å². The number of ether oxygens (including phenoxy) is 2. The highest BCUT2D eigenvalue weighted by atomic mass is 35.5. The van der Waals surface area contributed by atoms with E-state index in [0.717, 1.165) is 12.1 Å². The summed E-state index contributed by atoms with van der Waals surface area (Å²) < 4.78 is 37.4. The van der Waals surface area contributed by atoms with Gasteiger partial charge in [0.1, 0.15) is 23.1 Å². The van der Waals surface area contributed by atoms with Crippen LogP contribution in [-0.4, -0.2) is 37.1 Å². The number of carbonyl (C=O) groups is 2. The van der Waals surface area contributed by atoms with Crippen molar-refractivity contribution in [1.29, 1.82) is 0 Å². The van der Waals surface area contributed by atoms with Crippen LogP contribution in [0, 0.1) is 11.6 Å². The van der Waals surface area contributed by atoms with Gasteiger partial charge in [-0.05, 0) is 49.9 Å². The molecule has 0 bridgehead atoms. The van der Waals surface area contributed by atoms with Gasteiger partial charge in [-0.2, -0.15) is 0 Å². The molecular formula is C22H22Cl2F2N2O4. The first-order chi connectivity index (χ1) is 15.3. The Bertz CT molecular complexity index is 891. The normalized spacial score (nSPS) is 18.0. The van der Waals surface area contributed by atoms with Gasteiger partial charge in [-0.15, -0.1) is 0 Å². The molecule has 10 heteroatoms. The monoisotopic (exact) mass is 486 g/mol. The molecule has 0 saturated heterocycles. The van der Waals surface area contributed by atoms with E-state index >= 15 is 0 Å². The lowest BCUT2D eigenvalue weighted by molar-refractivity contribution is -0.125. The maximum atomic E-state index is 13.4. The van der Waals surface area contributed by atoms with E-state index in [2.05, 4.69) is 10.6 Å². The first-order valence-corrected chi connectivity index (χ1v) is 10.8. The third-order valence-corrected chi connectivity index (χ3v) is 5.59. The average molecular weight is 487 g/mol. The SMILES string of the molecule is O=C(COc1ccc(Cl)c(F)c1)N[C@H]1CC[C@H](NC(=O)COc2ccc(Cl)c(F)c2)CC1. The smallest absolute Gasteiger partial charge is 0.258 e. The van der Waals surface area contributed by atoms with E-state index in [1.807, 2.05) is 0 Å². The van der Waals surface area contributed by atoms with Crippen molar-refractivity contribution in [2.45, 2.75) is 37.8 Å². The summed E-state index contributed by atoms with van der Waals surface area (Å²) in [5, 5.41) is 5.72. The lowest BCUT2D eigenvalue weighted by Crippen LogP contribution is -2.45. The summed E-state index contributed by atoms with van der Waals surface area (Å²) in [6, 6.07) is 7.87. The maximum Gasteiger partial charge on any atom is 0.258 e. The van der Waals surface area contributed by atoms with Gasteiger partial charge in [0.15, 0.2) is 13.2 Å². The highest BCUT2D eigenvalue weighted by Crippen LogP contribution is 2.22. The summed E-state index contributed by atoms with van der Waals surface area (Å²) in [4.78, 5) is 24.2. The number of halogens is 4. The number of amides is 2. The molecule has 0 aromatic heterocycles. The van der Waals surface area contributed by atoms with Crippen molar-refractivity contribution in [2.24, 2.45) is 0 Å². The second kappa shape index (κ2) is 11.3. The second-order valence-corrected chi connectivity index (χ2v) is 8.23. The minimum absolute atomic E-state index is 0.0175. The lowest BCUT2D eigenvalue weighted by atomic mass is 9.91. The number of hydrogen-bond acceptors (Lipinski definition) is 4. The van der Waals surface area contributed by atoms with Gasteiger partial charge in [-0.3, -0.25) is 9.59 Å². The molecule has 2 aromatic carbocycles. The Morgan fingerprint density at radius 3 is 1.50 bits per heavy atom. The first-order valence-electron chi connectivity index (χ1n) is 10.0. The Balaban J connectivity index is 1.33. The van der Waals surface area contributed by atoms with Gasteiger partial charge >= 0.3 is 0 Å². The van der Waals surface area contributed by atoms with E-state index in [1.54, 1.807) is 0 Å². The molecule has 2 aromatic rings. The fourth-order valence-electron chi connectivity index (χ4n) is 3.35. The molecule has 0 aliphatic heterocycles. The Morgan fingerprint density at radius 1 is 0.781 bits per heavy atom. The molecule has 1 aliphatic carbocycles. The van der Waals surface area contributed by atoms with E-state index in [1.165, 1.54) is 24.3 Å². The van der Waals surface area contributed by atoms with Crippen LogP contribution in [0.3, 0.4) is 0 Å². The molecule has 3 rings (SSSR count). The van der Waals surface area contributed by atoms with Crippen molar-refractivity contribution in [3.05, 3.63) is 58.1 Å². The Labute approximate surface area is 194 Å². The van der Waals surface area contributed by atoms with Crippen molar-refractivity contribution in [1.82, 2.24) is 10.6 Å². The van der Waals surface area contributed by atoms with Crippen LogP contribution >= 0.6 is 23.2 Å². The minimum Gasteiger partial charge on any atom is -0.484 e. The van der Waals surface area contributed by atoms with Crippen LogP contribution < -0.4 is 20.1 Å². The predicted octanol–water partition coefficient (Wildman–Crippen LogP) is 4.27. The molecule has 2 amide bonds. The molecule has 1 aliphatic rings. The zero-order valence-corrected chi connectivity index (χ0v) is 18.5. The highest BCUT2D eigenvalue weighted by molar-refractivity contribution is 6.31. The fraction of sp³-hybridized carbons (Fsp3) is 0.364. The maximum absolute atomic E-state index is 13.4. The van der Waals surface area contributed by atoms with Gasteiger partial charge in [0.2, 0.25) is 0 Å². The predicted molar refractivity (Wildman–Crippen MR) is 116 cm³/mol. The Hall–Kier alpha value is -2.58. The van der Waals surface area contributed by atoms with Crippen LogP contribution in [0.25, 0.3) is 0 Å². The van der Waals surface area contributed by atoms with Crippen LogP contribution in [-0.2, 0) is 9.59 Å². The first kappa shape index (κ1) is 24.1. The fourth-order valence-corrected chi connectivity index (χ4v) is 3.59. The van der Waals surface area contributed by atoms with Gasteiger partial charge in [0.05, 0.1) is 10.0 Å². The third-order valence-electron chi connectivity index (χ3n) is 4.98. The molecule has 1 saturated carbocycles. The summed E-state index contributed by atoms with van der Waals surface area (Å²) in [6.07, 6.45) is 2.76. The van der Waals surface area contributed by atoms with Crippen LogP contribution in [0.5, 0.6) is 11.5 Å². The van der Waals surface area contributed by atoms with Crippen LogP contribution in [0.15, 0.2) is 36.4 Å². The summed E-state index contributed by atoms with van der Waals surface area (Å²) in [5.74, 6) is -1.41. The Morgan fingerprint density at radius 2 is 1.16 bits per heavy atom. The number of carbonyl (C=O) groups excluding carboxylic acids is 2. The topological polar surface area (TPSA) is 76.7 Å². The standard InChI is InChI=1S/C22H22Cl2F2N2O4/c23-17-7-5-15(9-19(17)25)31-11-21(29)27-13-1-2-14(4-3-13)28-22(30)12-32-16-6-8-18(24)20(26)10-16/h5-10,13-14H,1-4,11-12H2,(H,27,29)(H,28,30)/t13-,14-. The molecule has 0 radical (unpaired) electrons. The summed E-state index contributed by atoms with van der Waals surface area (Å²) in [5.41, 5.74) is 0. The molecule has 172 valence electrons. The average Bonchev–Trinajstić information content (AvgIpc) is 2.77. The molecule has 2 N–H and O–H groups in total. The van der Waals surface area contributed by atoms with Crippen molar-refractivity contribution < 1.29 is 27.8 Å². The summed E-state index contributed by atoms with van der Waals surface area (Å²) in [6.45, 7) is -0.471. The van der Waals surface area contributed by atoms with Crippen LogP contribution in [0.1, 0.15) is 25.7 Å². The second-order valence-electron chi connectivity index (χ2n) is 7.41. The molecular weight excluding hydrogens is 465 g/mol. The molecule has 32 heavy (non-hydrogen) atoms.